The molecule has 1 aromatic heterocycles. The number of benzene rings is 3. The first-order chi connectivity index (χ1) is 15.7. The molecule has 0 bridgehead atoms. The predicted octanol–water partition coefficient (Wildman–Crippen LogP) is 6.25. The van der Waals surface area contributed by atoms with Crippen molar-refractivity contribution in [3.8, 4) is 11.8 Å². The first kappa shape index (κ1) is 22.5. The van der Waals surface area contributed by atoms with Crippen molar-refractivity contribution in [1.29, 1.82) is 0 Å². The molecule has 0 spiro atoms. The van der Waals surface area contributed by atoms with Gasteiger partial charge in [0.15, 0.2) is 0 Å². The quantitative estimate of drug-likeness (QED) is 0.0714. The number of aromatic nitrogens is 2. The second kappa shape index (κ2) is 10.3. The van der Waals surface area contributed by atoms with Crippen LogP contribution >= 0.6 is 28.3 Å². The van der Waals surface area contributed by atoms with Crippen LogP contribution in [0.25, 0.3) is 0 Å². The minimum atomic E-state index is -0.684. The number of halogens is 1. The molecule has 0 radical (unpaired) electrons. The minimum Gasteiger partial charge on any atom is -0.316 e. The van der Waals surface area contributed by atoms with Crippen molar-refractivity contribution in [3.63, 3.8) is 0 Å². The average molecular weight is 548 g/mol. The Morgan fingerprint density at radius 2 is 1.38 bits per heavy atom. The van der Waals surface area contributed by atoms with Crippen molar-refractivity contribution < 1.29 is 4.79 Å². The Hall–Kier alpha value is -2.74. The van der Waals surface area contributed by atoms with Gasteiger partial charge in [0.1, 0.15) is 11.2 Å². The van der Waals surface area contributed by atoms with E-state index in [9.17, 15) is 4.79 Å². The molecular weight excluding hydrogens is 526 g/mol. The standard InChI is InChI=1S/C27H22IN2OP/c1-21-26(25(31)18-11-19-32-28)29-20-30(21)27(22-12-5-2-6-13-22,23-14-7-3-8-15-23)24-16-9-4-10-17-24/h2-10,12-17,20,32H,19H2,1H3. The highest BCUT2D eigenvalue weighted by atomic mass is 127. The van der Waals surface area contributed by atoms with Crippen molar-refractivity contribution in [2.75, 3.05) is 6.16 Å². The number of hydrogen-bond donors (Lipinski definition) is 0. The van der Waals surface area contributed by atoms with E-state index >= 15 is 0 Å². The first-order valence-electron chi connectivity index (χ1n) is 10.3. The van der Waals surface area contributed by atoms with Gasteiger partial charge in [0.2, 0.25) is 0 Å². The number of imidazole rings is 1. The number of carbonyl (C=O) groups is 1. The van der Waals surface area contributed by atoms with E-state index < -0.39 is 5.54 Å². The van der Waals surface area contributed by atoms with E-state index in [2.05, 4.69) is 79.8 Å². The smallest absolute Gasteiger partial charge is 0.256 e. The zero-order valence-electron chi connectivity index (χ0n) is 17.6. The summed E-state index contributed by atoms with van der Waals surface area (Å²) in [5, 5.41) is 0. The number of hydrogen-bond acceptors (Lipinski definition) is 2. The second-order valence-corrected chi connectivity index (χ2v) is 10.2. The number of ketones is 1. The van der Waals surface area contributed by atoms with Gasteiger partial charge in [-0.05, 0) is 35.8 Å². The summed E-state index contributed by atoms with van der Waals surface area (Å²) in [7, 11) is 0. The van der Waals surface area contributed by atoms with Crippen LogP contribution in [0.1, 0.15) is 32.9 Å². The summed E-state index contributed by atoms with van der Waals surface area (Å²) in [5.41, 5.74) is 3.78. The van der Waals surface area contributed by atoms with Crippen LogP contribution in [0.2, 0.25) is 0 Å². The average Bonchev–Trinajstić information content (AvgIpc) is 3.23. The molecular formula is C27H22IN2OP. The lowest BCUT2D eigenvalue weighted by atomic mass is 9.76. The van der Waals surface area contributed by atoms with Crippen LogP contribution in [0.15, 0.2) is 97.3 Å². The summed E-state index contributed by atoms with van der Waals surface area (Å²) in [6, 6.07) is 31.1. The fourth-order valence-electron chi connectivity index (χ4n) is 4.14. The maximum absolute atomic E-state index is 12.8. The van der Waals surface area contributed by atoms with E-state index in [0.29, 0.717) is 18.1 Å². The molecule has 0 amide bonds. The zero-order chi connectivity index (χ0) is 22.4. The summed E-state index contributed by atoms with van der Waals surface area (Å²) in [6.07, 6.45) is 3.16. The van der Waals surface area contributed by atoms with Crippen LogP contribution in [0.4, 0.5) is 0 Å². The van der Waals surface area contributed by atoms with Gasteiger partial charge in [-0.3, -0.25) is 4.79 Å². The number of nitrogens with zero attached hydrogens (tertiary/aromatic N) is 2. The molecule has 1 atom stereocenters. The SMILES string of the molecule is Cc1c(C(=O)C#CCPI)ncn1C(c1ccccc1)(c1ccccc1)c1ccccc1. The van der Waals surface area contributed by atoms with Crippen molar-refractivity contribution >= 4 is 34.0 Å². The van der Waals surface area contributed by atoms with Crippen molar-refractivity contribution in [3.05, 3.63) is 125 Å². The summed E-state index contributed by atoms with van der Waals surface area (Å²) >= 11 is 2.28. The van der Waals surface area contributed by atoms with Crippen molar-refractivity contribution in [2.45, 2.75) is 12.5 Å². The summed E-state index contributed by atoms with van der Waals surface area (Å²) in [6.45, 7) is 1.95. The molecule has 158 valence electrons. The van der Waals surface area contributed by atoms with Gasteiger partial charge in [-0.25, -0.2) is 4.98 Å². The second-order valence-electron chi connectivity index (χ2n) is 7.30. The highest BCUT2D eigenvalue weighted by Gasteiger charge is 2.40. The van der Waals surface area contributed by atoms with Gasteiger partial charge in [0, 0.05) is 11.9 Å². The maximum Gasteiger partial charge on any atom is 0.256 e. The van der Waals surface area contributed by atoms with Crippen LogP contribution in [0.5, 0.6) is 0 Å². The normalized spacial score (nSPS) is 11.3. The van der Waals surface area contributed by atoms with E-state index in [0.717, 1.165) is 22.4 Å². The molecule has 5 heteroatoms. The molecule has 0 N–H and O–H groups in total. The van der Waals surface area contributed by atoms with E-state index in [1.165, 1.54) is 0 Å². The molecule has 0 saturated carbocycles. The van der Waals surface area contributed by atoms with E-state index in [-0.39, 0.29) is 5.78 Å². The monoisotopic (exact) mass is 548 g/mol. The van der Waals surface area contributed by atoms with Gasteiger partial charge in [0.05, 0.1) is 6.33 Å². The topological polar surface area (TPSA) is 34.9 Å². The van der Waals surface area contributed by atoms with Gasteiger partial charge in [-0.2, -0.15) is 0 Å². The fourth-order valence-corrected chi connectivity index (χ4v) is 4.87. The zero-order valence-corrected chi connectivity index (χ0v) is 20.8. The van der Waals surface area contributed by atoms with Crippen LogP contribution in [-0.4, -0.2) is 21.5 Å². The lowest BCUT2D eigenvalue weighted by Gasteiger charge is -2.38. The third kappa shape index (κ3) is 4.16. The summed E-state index contributed by atoms with van der Waals surface area (Å²) < 4.78 is 2.11. The number of rotatable bonds is 6. The van der Waals surface area contributed by atoms with Gasteiger partial charge in [0.25, 0.3) is 5.78 Å². The Kier molecular flexibility index (Phi) is 7.19. The van der Waals surface area contributed by atoms with Gasteiger partial charge in [-0.15, -0.1) is 0 Å². The Morgan fingerprint density at radius 1 is 0.906 bits per heavy atom. The molecule has 3 aromatic carbocycles. The molecule has 4 aromatic rings. The Morgan fingerprint density at radius 3 is 1.81 bits per heavy atom. The Bertz CT molecular complexity index is 1160. The highest BCUT2D eigenvalue weighted by molar-refractivity contribution is 14.2. The highest BCUT2D eigenvalue weighted by Crippen LogP contribution is 2.41. The largest absolute Gasteiger partial charge is 0.316 e. The van der Waals surface area contributed by atoms with Crippen LogP contribution < -0.4 is 0 Å². The van der Waals surface area contributed by atoms with Crippen molar-refractivity contribution in [1.82, 2.24) is 9.55 Å². The molecule has 32 heavy (non-hydrogen) atoms. The summed E-state index contributed by atoms with van der Waals surface area (Å²) in [4.78, 5) is 17.4. The Labute approximate surface area is 203 Å². The maximum atomic E-state index is 12.8. The minimum absolute atomic E-state index is 0.237. The molecule has 3 nitrogen and oxygen atoms in total. The lowest BCUT2D eigenvalue weighted by molar-refractivity contribution is 0.105. The molecule has 0 aliphatic heterocycles. The lowest BCUT2D eigenvalue weighted by Crippen LogP contribution is -2.38. The molecule has 1 heterocycles. The number of Topliss-reactive ketones (excluding diaryl/α,β-unsaturated/α-hetero) is 1. The molecule has 0 aliphatic carbocycles. The van der Waals surface area contributed by atoms with E-state index in [4.69, 9.17) is 0 Å². The van der Waals surface area contributed by atoms with Crippen LogP contribution in [-0.2, 0) is 5.54 Å². The third-order valence-corrected chi connectivity index (χ3v) is 6.97. The van der Waals surface area contributed by atoms with Crippen LogP contribution in [0, 0.1) is 18.8 Å². The van der Waals surface area contributed by atoms with Crippen LogP contribution in [0.3, 0.4) is 0 Å². The van der Waals surface area contributed by atoms with Gasteiger partial charge < -0.3 is 4.57 Å². The number of carbonyl (C=O) groups excluding carboxylic acids is 1. The molecule has 0 fully saturated rings. The van der Waals surface area contributed by atoms with E-state index in [1.54, 1.807) is 6.33 Å². The van der Waals surface area contributed by atoms with E-state index in [1.807, 2.05) is 61.5 Å². The van der Waals surface area contributed by atoms with Gasteiger partial charge >= 0.3 is 0 Å². The fraction of sp³-hybridized carbons (Fsp3) is 0.111. The van der Waals surface area contributed by atoms with Gasteiger partial charge in [-0.1, -0.05) is 119 Å². The van der Waals surface area contributed by atoms with Crippen molar-refractivity contribution in [2.24, 2.45) is 0 Å². The predicted molar refractivity (Wildman–Crippen MR) is 141 cm³/mol. The molecule has 1 unspecified atom stereocenters. The Balaban J connectivity index is 2.02. The third-order valence-electron chi connectivity index (χ3n) is 5.51. The summed E-state index contributed by atoms with van der Waals surface area (Å²) in [5.74, 6) is 5.48. The molecule has 0 aliphatic rings. The molecule has 0 saturated heterocycles. The molecule has 4 rings (SSSR count). The first-order valence-corrected chi connectivity index (χ1v) is 14.6.